The van der Waals surface area contributed by atoms with Crippen molar-refractivity contribution < 1.29 is 9.53 Å². The molecule has 0 radical (unpaired) electrons. The molecule has 0 bridgehead atoms. The van der Waals surface area contributed by atoms with Crippen molar-refractivity contribution in [3.8, 4) is 5.88 Å². The van der Waals surface area contributed by atoms with Gasteiger partial charge in [-0.2, -0.15) is 0 Å². The van der Waals surface area contributed by atoms with E-state index in [1.54, 1.807) is 13.3 Å². The molecule has 1 aliphatic rings. The Morgan fingerprint density at radius 3 is 3.00 bits per heavy atom. The third kappa shape index (κ3) is 3.81. The molecule has 3 rings (SSSR count). The number of aromatic nitrogens is 4. The lowest BCUT2D eigenvalue weighted by atomic mass is 10.2. The van der Waals surface area contributed by atoms with Gasteiger partial charge < -0.3 is 19.9 Å². The quantitative estimate of drug-likeness (QED) is 0.864. The predicted molar refractivity (Wildman–Crippen MR) is 87.4 cm³/mol. The van der Waals surface area contributed by atoms with Gasteiger partial charge in [-0.05, 0) is 18.9 Å². The number of carbonyl (C=O) groups is 1. The summed E-state index contributed by atoms with van der Waals surface area (Å²) in [6, 6.07) is 3.42. The average molecular weight is 330 g/mol. The lowest BCUT2D eigenvalue weighted by Gasteiger charge is -2.10. The first-order valence-corrected chi connectivity index (χ1v) is 8.18. The van der Waals surface area contributed by atoms with Crippen LogP contribution in [0.1, 0.15) is 36.5 Å². The molecule has 0 atom stereocenters. The summed E-state index contributed by atoms with van der Waals surface area (Å²) >= 11 is 0. The smallest absolute Gasteiger partial charge is 0.315 e. The summed E-state index contributed by atoms with van der Waals surface area (Å²) in [5.74, 6) is 2.34. The minimum atomic E-state index is -0.258. The van der Waals surface area contributed by atoms with Gasteiger partial charge in [-0.15, -0.1) is 10.2 Å². The third-order valence-corrected chi connectivity index (χ3v) is 4.08. The van der Waals surface area contributed by atoms with Gasteiger partial charge in [-0.1, -0.05) is 12.5 Å². The maximum absolute atomic E-state index is 12.0. The van der Waals surface area contributed by atoms with Crippen molar-refractivity contribution in [3.63, 3.8) is 0 Å². The van der Waals surface area contributed by atoms with Gasteiger partial charge >= 0.3 is 6.03 Å². The van der Waals surface area contributed by atoms with Crippen LogP contribution < -0.4 is 15.4 Å². The van der Waals surface area contributed by atoms with Crippen molar-refractivity contribution in [3.05, 3.63) is 35.5 Å². The zero-order chi connectivity index (χ0) is 16.8. The van der Waals surface area contributed by atoms with Crippen molar-refractivity contribution in [1.29, 1.82) is 0 Å². The lowest BCUT2D eigenvalue weighted by Crippen LogP contribution is -2.35. The number of pyridine rings is 1. The zero-order valence-electron chi connectivity index (χ0n) is 13.8. The molecule has 2 aromatic rings. The van der Waals surface area contributed by atoms with Gasteiger partial charge in [0.15, 0.2) is 5.82 Å². The number of hydrogen-bond donors (Lipinski definition) is 2. The fourth-order valence-corrected chi connectivity index (χ4v) is 2.82. The Morgan fingerprint density at radius 2 is 2.12 bits per heavy atom. The SMILES string of the molecule is COc1ncccc1CNC(=O)NCc1nnc2n1CCCCC2. The van der Waals surface area contributed by atoms with Gasteiger partial charge in [0.05, 0.1) is 13.7 Å². The van der Waals surface area contributed by atoms with Gasteiger partial charge in [-0.3, -0.25) is 0 Å². The van der Waals surface area contributed by atoms with Gasteiger partial charge in [0.2, 0.25) is 5.88 Å². The highest BCUT2D eigenvalue weighted by atomic mass is 16.5. The van der Waals surface area contributed by atoms with Crippen LogP contribution >= 0.6 is 0 Å². The molecule has 128 valence electrons. The topological polar surface area (TPSA) is 94.0 Å². The molecule has 2 N–H and O–H groups in total. The molecule has 0 spiro atoms. The first-order valence-electron chi connectivity index (χ1n) is 8.18. The summed E-state index contributed by atoms with van der Waals surface area (Å²) in [6.07, 6.45) is 6.10. The second kappa shape index (κ2) is 7.76. The molecule has 8 heteroatoms. The highest BCUT2D eigenvalue weighted by molar-refractivity contribution is 5.73. The number of fused-ring (bicyclic) bond motifs is 1. The molecule has 0 aliphatic carbocycles. The summed E-state index contributed by atoms with van der Waals surface area (Å²) in [5, 5.41) is 14.1. The number of hydrogen-bond acceptors (Lipinski definition) is 5. The van der Waals surface area contributed by atoms with Crippen LogP contribution in [-0.2, 0) is 26.1 Å². The number of ether oxygens (including phenoxy) is 1. The summed E-state index contributed by atoms with van der Waals surface area (Å²) < 4.78 is 7.29. The molecular weight excluding hydrogens is 308 g/mol. The Labute approximate surface area is 140 Å². The second-order valence-corrected chi connectivity index (χ2v) is 5.70. The molecule has 0 saturated heterocycles. The Morgan fingerprint density at radius 1 is 1.25 bits per heavy atom. The molecule has 0 unspecified atom stereocenters. The Hall–Kier alpha value is -2.64. The fourth-order valence-electron chi connectivity index (χ4n) is 2.82. The Bertz CT molecular complexity index is 700. The molecule has 8 nitrogen and oxygen atoms in total. The van der Waals surface area contributed by atoms with E-state index in [1.807, 2.05) is 12.1 Å². The molecule has 2 amide bonds. The number of nitrogens with zero attached hydrogens (tertiary/aromatic N) is 4. The number of nitrogens with one attached hydrogen (secondary N) is 2. The van der Waals surface area contributed by atoms with Crippen molar-refractivity contribution >= 4 is 6.03 Å². The van der Waals surface area contributed by atoms with Crippen LogP contribution in [0.2, 0.25) is 0 Å². The van der Waals surface area contributed by atoms with E-state index in [-0.39, 0.29) is 6.03 Å². The first kappa shape index (κ1) is 16.2. The van der Waals surface area contributed by atoms with Crippen LogP contribution in [0, 0.1) is 0 Å². The largest absolute Gasteiger partial charge is 0.481 e. The minimum Gasteiger partial charge on any atom is -0.481 e. The Balaban J connectivity index is 1.52. The van der Waals surface area contributed by atoms with E-state index in [0.29, 0.717) is 19.0 Å². The highest BCUT2D eigenvalue weighted by Gasteiger charge is 2.15. The van der Waals surface area contributed by atoms with E-state index in [1.165, 1.54) is 6.42 Å². The van der Waals surface area contributed by atoms with Gasteiger partial charge in [-0.25, -0.2) is 9.78 Å². The molecule has 1 aliphatic heterocycles. The van der Waals surface area contributed by atoms with Gasteiger partial charge in [0.1, 0.15) is 5.82 Å². The lowest BCUT2D eigenvalue weighted by molar-refractivity contribution is 0.239. The fraction of sp³-hybridized carbons (Fsp3) is 0.500. The highest BCUT2D eigenvalue weighted by Crippen LogP contribution is 2.14. The number of amides is 2. The van der Waals surface area contributed by atoms with Crippen molar-refractivity contribution in [2.24, 2.45) is 0 Å². The van der Waals surface area contributed by atoms with Crippen molar-refractivity contribution in [1.82, 2.24) is 30.4 Å². The number of rotatable bonds is 5. The zero-order valence-corrected chi connectivity index (χ0v) is 13.8. The molecular formula is C16H22N6O2. The van der Waals surface area contributed by atoms with Crippen molar-refractivity contribution in [2.45, 2.75) is 45.3 Å². The molecule has 2 aromatic heterocycles. The number of carbonyl (C=O) groups excluding carboxylic acids is 1. The van der Waals surface area contributed by atoms with Gasteiger partial charge in [0.25, 0.3) is 0 Å². The minimum absolute atomic E-state index is 0.258. The molecule has 24 heavy (non-hydrogen) atoms. The summed E-state index contributed by atoms with van der Waals surface area (Å²) in [4.78, 5) is 16.1. The maximum Gasteiger partial charge on any atom is 0.315 e. The van der Waals surface area contributed by atoms with E-state index in [4.69, 9.17) is 4.74 Å². The summed E-state index contributed by atoms with van der Waals surface area (Å²) in [5.41, 5.74) is 0.825. The van der Waals surface area contributed by atoms with E-state index in [2.05, 4.69) is 30.4 Å². The normalized spacial score (nSPS) is 13.7. The van der Waals surface area contributed by atoms with E-state index < -0.39 is 0 Å². The predicted octanol–water partition coefficient (Wildman–Crippen LogP) is 1.41. The average Bonchev–Trinajstić information content (AvgIpc) is 2.84. The van der Waals surface area contributed by atoms with Crippen LogP contribution in [-0.4, -0.2) is 32.9 Å². The number of methoxy groups -OCH3 is 1. The number of urea groups is 1. The maximum atomic E-state index is 12.0. The van der Waals surface area contributed by atoms with Crippen LogP contribution in [0.15, 0.2) is 18.3 Å². The third-order valence-electron chi connectivity index (χ3n) is 4.08. The molecule has 3 heterocycles. The van der Waals surface area contributed by atoms with Crippen LogP contribution in [0.3, 0.4) is 0 Å². The Kier molecular flexibility index (Phi) is 5.25. The van der Waals surface area contributed by atoms with E-state index in [0.717, 1.165) is 43.0 Å². The number of aryl methyl sites for hydroxylation is 1. The first-order chi connectivity index (χ1) is 11.8. The standard InChI is InChI=1S/C16H22N6O2/c1-24-15-12(6-5-8-17-15)10-18-16(23)19-11-14-21-20-13-7-3-2-4-9-22(13)14/h5-6,8H,2-4,7,9-11H2,1H3,(H2,18,19,23). The molecule has 0 saturated carbocycles. The van der Waals surface area contributed by atoms with E-state index in [9.17, 15) is 4.79 Å². The summed E-state index contributed by atoms with van der Waals surface area (Å²) in [6.45, 7) is 1.64. The molecule has 0 fully saturated rings. The van der Waals surface area contributed by atoms with Crippen molar-refractivity contribution in [2.75, 3.05) is 7.11 Å². The van der Waals surface area contributed by atoms with Gasteiger partial charge in [0, 0.05) is 31.3 Å². The van der Waals surface area contributed by atoms with E-state index >= 15 is 0 Å². The monoisotopic (exact) mass is 330 g/mol. The van der Waals surface area contributed by atoms with Crippen LogP contribution in [0.5, 0.6) is 5.88 Å². The second-order valence-electron chi connectivity index (χ2n) is 5.70. The van der Waals surface area contributed by atoms with Crippen LogP contribution in [0.4, 0.5) is 4.79 Å². The van der Waals surface area contributed by atoms with Crippen LogP contribution in [0.25, 0.3) is 0 Å². The molecule has 0 aromatic carbocycles. The summed E-state index contributed by atoms with van der Waals surface area (Å²) in [7, 11) is 1.56.